The summed E-state index contributed by atoms with van der Waals surface area (Å²) in [6, 6.07) is 12.2. The summed E-state index contributed by atoms with van der Waals surface area (Å²) in [5, 5.41) is 8.69. The second kappa shape index (κ2) is 8.86. The number of rotatable bonds is 5. The second-order valence-electron chi connectivity index (χ2n) is 8.19. The maximum absolute atomic E-state index is 13.0. The molecule has 1 aromatic heterocycles. The van der Waals surface area contributed by atoms with Crippen molar-refractivity contribution in [3.05, 3.63) is 53.1 Å². The molecule has 1 saturated heterocycles. The van der Waals surface area contributed by atoms with Crippen molar-refractivity contribution in [1.82, 2.24) is 15.1 Å². The van der Waals surface area contributed by atoms with Crippen molar-refractivity contribution in [3.8, 4) is 23.0 Å². The largest absolute Gasteiger partial charge is 0.486 e. The van der Waals surface area contributed by atoms with Gasteiger partial charge in [-0.05, 0) is 56.5 Å². The molecule has 1 amide bonds. The molecule has 8 heteroatoms. The standard InChI is InChI=1S/C24H25N3O4S/c1-15-10-16(2)12-18(11-15)23-25-26-24(31-23)32-14-22(28)27-7-3-4-19(27)17-5-6-20-21(13-17)30-9-8-29-20/h5-6,10-13,19H,3-4,7-9,14H2,1-2H3/t19-/m0/s1. The van der Waals surface area contributed by atoms with Crippen molar-refractivity contribution >= 4 is 17.7 Å². The third-order valence-corrected chi connectivity index (χ3v) is 6.52. The molecule has 2 aliphatic rings. The molecule has 0 saturated carbocycles. The number of carbonyl (C=O) groups is 1. The number of nitrogens with zero attached hydrogens (tertiary/aromatic N) is 3. The van der Waals surface area contributed by atoms with Gasteiger partial charge >= 0.3 is 0 Å². The smallest absolute Gasteiger partial charge is 0.277 e. The lowest BCUT2D eigenvalue weighted by atomic mass is 10.0. The van der Waals surface area contributed by atoms with Crippen LogP contribution in [0, 0.1) is 13.8 Å². The van der Waals surface area contributed by atoms with E-state index in [0.717, 1.165) is 53.1 Å². The van der Waals surface area contributed by atoms with Gasteiger partial charge in [0.05, 0.1) is 11.8 Å². The van der Waals surface area contributed by atoms with Gasteiger partial charge in [0.2, 0.25) is 11.8 Å². The fourth-order valence-electron chi connectivity index (χ4n) is 4.37. The zero-order valence-corrected chi connectivity index (χ0v) is 19.0. The molecule has 3 heterocycles. The van der Waals surface area contributed by atoms with E-state index in [1.54, 1.807) is 0 Å². The number of ether oxygens (including phenoxy) is 2. The number of likely N-dealkylation sites (tertiary alicyclic amines) is 1. The number of benzene rings is 2. The van der Waals surface area contributed by atoms with Gasteiger partial charge in [0.1, 0.15) is 13.2 Å². The molecule has 2 aromatic carbocycles. The number of fused-ring (bicyclic) bond motifs is 1. The van der Waals surface area contributed by atoms with E-state index in [2.05, 4.69) is 16.3 Å². The van der Waals surface area contributed by atoms with E-state index in [0.29, 0.717) is 24.3 Å². The Hall–Kier alpha value is -3.00. The van der Waals surface area contributed by atoms with Gasteiger partial charge < -0.3 is 18.8 Å². The molecule has 1 atom stereocenters. The minimum Gasteiger partial charge on any atom is -0.486 e. The Bertz CT molecular complexity index is 1130. The molecular weight excluding hydrogens is 426 g/mol. The highest BCUT2D eigenvalue weighted by Crippen LogP contribution is 2.38. The van der Waals surface area contributed by atoms with Crippen LogP contribution in [0.3, 0.4) is 0 Å². The van der Waals surface area contributed by atoms with E-state index in [4.69, 9.17) is 13.9 Å². The Labute approximate surface area is 191 Å². The van der Waals surface area contributed by atoms with E-state index in [-0.39, 0.29) is 17.7 Å². The first kappa shape index (κ1) is 20.9. The number of hydrogen-bond donors (Lipinski definition) is 0. The summed E-state index contributed by atoms with van der Waals surface area (Å²) >= 11 is 1.28. The highest BCUT2D eigenvalue weighted by Gasteiger charge is 2.31. The summed E-state index contributed by atoms with van der Waals surface area (Å²) in [5.74, 6) is 2.32. The van der Waals surface area contributed by atoms with Crippen molar-refractivity contribution in [2.45, 2.75) is 38.0 Å². The summed E-state index contributed by atoms with van der Waals surface area (Å²) in [6.07, 6.45) is 1.92. The van der Waals surface area contributed by atoms with Crippen molar-refractivity contribution in [1.29, 1.82) is 0 Å². The fraction of sp³-hybridized carbons (Fsp3) is 0.375. The predicted octanol–water partition coefficient (Wildman–Crippen LogP) is 4.58. The Kier molecular flexibility index (Phi) is 5.78. The number of aromatic nitrogens is 2. The molecule has 5 rings (SSSR count). The van der Waals surface area contributed by atoms with Gasteiger partial charge in [-0.15, -0.1) is 10.2 Å². The van der Waals surface area contributed by atoms with Crippen LogP contribution in [-0.2, 0) is 4.79 Å². The summed E-state index contributed by atoms with van der Waals surface area (Å²) < 4.78 is 17.1. The van der Waals surface area contributed by atoms with Gasteiger partial charge in [-0.1, -0.05) is 35.0 Å². The molecule has 0 spiro atoms. The minimum absolute atomic E-state index is 0.0486. The number of amides is 1. The summed E-state index contributed by atoms with van der Waals surface area (Å²) in [4.78, 5) is 15.0. The molecule has 7 nitrogen and oxygen atoms in total. The van der Waals surface area contributed by atoms with Gasteiger partial charge in [0.15, 0.2) is 11.5 Å². The summed E-state index contributed by atoms with van der Waals surface area (Å²) in [6.45, 7) is 5.94. The molecule has 3 aromatic rings. The zero-order chi connectivity index (χ0) is 22.1. The van der Waals surface area contributed by atoms with Crippen LogP contribution >= 0.6 is 11.8 Å². The van der Waals surface area contributed by atoms with Crippen LogP contribution in [-0.4, -0.2) is 46.5 Å². The van der Waals surface area contributed by atoms with Gasteiger partial charge in [0.25, 0.3) is 5.22 Å². The third-order valence-electron chi connectivity index (χ3n) is 5.72. The van der Waals surface area contributed by atoms with Crippen LogP contribution in [0.2, 0.25) is 0 Å². The molecule has 0 unspecified atom stereocenters. The number of hydrogen-bond acceptors (Lipinski definition) is 7. The fourth-order valence-corrected chi connectivity index (χ4v) is 5.02. The van der Waals surface area contributed by atoms with E-state index in [1.165, 1.54) is 11.8 Å². The van der Waals surface area contributed by atoms with Crippen molar-refractivity contribution in [2.24, 2.45) is 0 Å². The Balaban J connectivity index is 1.25. The Morgan fingerprint density at radius 1 is 1.06 bits per heavy atom. The van der Waals surface area contributed by atoms with Crippen LogP contribution in [0.25, 0.3) is 11.5 Å². The van der Waals surface area contributed by atoms with Gasteiger partial charge in [-0.3, -0.25) is 4.79 Å². The summed E-state index contributed by atoms with van der Waals surface area (Å²) in [5.41, 5.74) is 4.26. The monoisotopic (exact) mass is 451 g/mol. The van der Waals surface area contributed by atoms with E-state index >= 15 is 0 Å². The first-order valence-electron chi connectivity index (χ1n) is 10.8. The molecular formula is C24H25N3O4S. The molecule has 0 bridgehead atoms. The summed E-state index contributed by atoms with van der Waals surface area (Å²) in [7, 11) is 0. The van der Waals surface area contributed by atoms with Crippen LogP contribution in [0.5, 0.6) is 11.5 Å². The SMILES string of the molecule is Cc1cc(C)cc(-c2nnc(SCC(=O)N3CCC[C@H]3c3ccc4c(c3)OCCO4)o2)c1. The van der Waals surface area contributed by atoms with Gasteiger partial charge in [-0.25, -0.2) is 0 Å². The molecule has 166 valence electrons. The molecule has 0 N–H and O–H groups in total. The predicted molar refractivity (Wildman–Crippen MR) is 121 cm³/mol. The molecule has 1 fully saturated rings. The highest BCUT2D eigenvalue weighted by atomic mass is 32.2. The topological polar surface area (TPSA) is 77.7 Å². The lowest BCUT2D eigenvalue weighted by molar-refractivity contribution is -0.129. The van der Waals surface area contributed by atoms with Crippen molar-refractivity contribution in [2.75, 3.05) is 25.5 Å². The normalized spacial score (nSPS) is 17.6. The van der Waals surface area contributed by atoms with Crippen LogP contribution in [0.1, 0.15) is 35.6 Å². The van der Waals surface area contributed by atoms with Crippen molar-refractivity contribution < 1.29 is 18.7 Å². The molecule has 32 heavy (non-hydrogen) atoms. The minimum atomic E-state index is 0.0486. The van der Waals surface area contributed by atoms with E-state index < -0.39 is 0 Å². The van der Waals surface area contributed by atoms with Gasteiger partial charge in [-0.2, -0.15) is 0 Å². The Morgan fingerprint density at radius 3 is 2.66 bits per heavy atom. The third kappa shape index (κ3) is 4.32. The lowest BCUT2D eigenvalue weighted by Gasteiger charge is -2.26. The first-order valence-corrected chi connectivity index (χ1v) is 11.8. The lowest BCUT2D eigenvalue weighted by Crippen LogP contribution is -2.32. The van der Waals surface area contributed by atoms with Crippen LogP contribution in [0.4, 0.5) is 0 Å². The van der Waals surface area contributed by atoms with Gasteiger partial charge in [0, 0.05) is 12.1 Å². The average Bonchev–Trinajstić information content (AvgIpc) is 3.46. The van der Waals surface area contributed by atoms with Crippen molar-refractivity contribution in [3.63, 3.8) is 0 Å². The van der Waals surface area contributed by atoms with Crippen LogP contribution in [0.15, 0.2) is 46.0 Å². The zero-order valence-electron chi connectivity index (χ0n) is 18.2. The number of aryl methyl sites for hydroxylation is 2. The Morgan fingerprint density at radius 2 is 1.84 bits per heavy atom. The molecule has 0 aliphatic carbocycles. The number of carbonyl (C=O) groups excluding carboxylic acids is 1. The second-order valence-corrected chi connectivity index (χ2v) is 9.11. The molecule has 2 aliphatic heterocycles. The highest BCUT2D eigenvalue weighted by molar-refractivity contribution is 7.99. The van der Waals surface area contributed by atoms with Crippen LogP contribution < -0.4 is 9.47 Å². The molecule has 0 radical (unpaired) electrons. The van der Waals surface area contributed by atoms with E-state index in [9.17, 15) is 4.79 Å². The maximum atomic E-state index is 13.0. The maximum Gasteiger partial charge on any atom is 0.277 e. The number of thioether (sulfide) groups is 1. The van der Waals surface area contributed by atoms with E-state index in [1.807, 2.05) is 49.1 Å². The quantitative estimate of drug-likeness (QED) is 0.526. The first-order chi connectivity index (χ1) is 15.6. The average molecular weight is 452 g/mol.